The Morgan fingerprint density at radius 3 is 3.21 bits per heavy atom. The van der Waals surface area contributed by atoms with Crippen molar-refractivity contribution >= 4 is 22.6 Å². The van der Waals surface area contributed by atoms with Crippen LogP contribution in [-0.2, 0) is 12.8 Å². The zero-order valence-electron chi connectivity index (χ0n) is 7.49. The molecular weight excluding hydrogens is 202 g/mol. The lowest BCUT2D eigenvalue weighted by Crippen LogP contribution is -2.37. The summed E-state index contributed by atoms with van der Waals surface area (Å²) < 4.78 is 0. The van der Waals surface area contributed by atoms with E-state index < -0.39 is 6.09 Å². The number of thiazole rings is 1. The third kappa shape index (κ3) is 1.79. The van der Waals surface area contributed by atoms with Crippen LogP contribution in [0.25, 0.3) is 0 Å². The standard InChI is InChI=1S/C8H11N3O2S/c9-7-11-5-2-1-4(10-8(12)13)3-6(5)14-7/h4,10H,1-3H2,(H2,9,11)(H,12,13). The molecule has 1 heterocycles. The number of hydrogen-bond acceptors (Lipinski definition) is 4. The lowest BCUT2D eigenvalue weighted by atomic mass is 9.98. The Morgan fingerprint density at radius 1 is 1.71 bits per heavy atom. The number of rotatable bonds is 1. The van der Waals surface area contributed by atoms with Gasteiger partial charge in [-0.15, -0.1) is 11.3 Å². The van der Waals surface area contributed by atoms with E-state index in [-0.39, 0.29) is 6.04 Å². The number of anilines is 1. The fourth-order valence-corrected chi connectivity index (χ4v) is 2.65. The number of carboxylic acid groups (broad SMARTS) is 1. The second-order valence-corrected chi connectivity index (χ2v) is 4.43. The van der Waals surface area contributed by atoms with Gasteiger partial charge in [-0.25, -0.2) is 9.78 Å². The summed E-state index contributed by atoms with van der Waals surface area (Å²) in [5, 5.41) is 11.6. The maximum Gasteiger partial charge on any atom is 0.404 e. The van der Waals surface area contributed by atoms with Crippen molar-refractivity contribution in [3.05, 3.63) is 10.6 Å². The molecule has 1 aliphatic rings. The van der Waals surface area contributed by atoms with Crippen molar-refractivity contribution in [1.29, 1.82) is 0 Å². The summed E-state index contributed by atoms with van der Waals surface area (Å²) >= 11 is 1.45. The zero-order valence-corrected chi connectivity index (χ0v) is 8.30. The van der Waals surface area contributed by atoms with Gasteiger partial charge in [-0.1, -0.05) is 0 Å². The molecule has 1 aromatic rings. The molecule has 2 rings (SSSR count). The first-order valence-corrected chi connectivity index (χ1v) is 5.20. The number of aromatic nitrogens is 1. The maximum absolute atomic E-state index is 10.4. The number of aryl methyl sites for hydroxylation is 1. The second kappa shape index (κ2) is 3.45. The molecule has 0 saturated heterocycles. The van der Waals surface area contributed by atoms with Gasteiger partial charge in [0.15, 0.2) is 5.13 Å². The molecule has 1 atom stereocenters. The lowest BCUT2D eigenvalue weighted by molar-refractivity contribution is 0.188. The van der Waals surface area contributed by atoms with E-state index in [0.29, 0.717) is 5.13 Å². The van der Waals surface area contributed by atoms with Gasteiger partial charge in [0.05, 0.1) is 5.69 Å². The average molecular weight is 213 g/mol. The van der Waals surface area contributed by atoms with Gasteiger partial charge < -0.3 is 16.2 Å². The largest absolute Gasteiger partial charge is 0.465 e. The summed E-state index contributed by atoms with van der Waals surface area (Å²) in [7, 11) is 0. The van der Waals surface area contributed by atoms with Crippen LogP contribution in [0.15, 0.2) is 0 Å². The predicted molar refractivity (Wildman–Crippen MR) is 53.5 cm³/mol. The normalized spacial score (nSPS) is 20.1. The van der Waals surface area contributed by atoms with E-state index in [1.54, 1.807) is 0 Å². The summed E-state index contributed by atoms with van der Waals surface area (Å²) in [6.45, 7) is 0. The first kappa shape index (κ1) is 9.26. The summed E-state index contributed by atoms with van der Waals surface area (Å²) in [5.74, 6) is 0. The highest BCUT2D eigenvalue weighted by atomic mass is 32.1. The maximum atomic E-state index is 10.4. The van der Waals surface area contributed by atoms with E-state index in [2.05, 4.69) is 10.3 Å². The number of amides is 1. The Balaban J connectivity index is 2.09. The topological polar surface area (TPSA) is 88.2 Å². The van der Waals surface area contributed by atoms with E-state index in [4.69, 9.17) is 10.8 Å². The number of nitrogens with one attached hydrogen (secondary N) is 1. The Labute approximate surface area is 85.0 Å². The van der Waals surface area contributed by atoms with Crippen molar-refractivity contribution < 1.29 is 9.90 Å². The molecule has 0 fully saturated rings. The molecule has 0 aromatic carbocycles. The van der Waals surface area contributed by atoms with Crippen molar-refractivity contribution in [1.82, 2.24) is 10.3 Å². The molecule has 0 radical (unpaired) electrons. The smallest absolute Gasteiger partial charge is 0.404 e. The summed E-state index contributed by atoms with van der Waals surface area (Å²) in [5.41, 5.74) is 6.61. The van der Waals surface area contributed by atoms with Gasteiger partial charge in [-0.05, 0) is 12.8 Å². The number of hydrogen-bond donors (Lipinski definition) is 3. The van der Waals surface area contributed by atoms with Crippen molar-refractivity contribution in [3.8, 4) is 0 Å². The van der Waals surface area contributed by atoms with Crippen molar-refractivity contribution in [2.24, 2.45) is 0 Å². The fourth-order valence-electron chi connectivity index (χ4n) is 1.69. The van der Waals surface area contributed by atoms with E-state index in [1.165, 1.54) is 11.3 Å². The highest BCUT2D eigenvalue weighted by molar-refractivity contribution is 7.15. The van der Waals surface area contributed by atoms with E-state index in [0.717, 1.165) is 29.8 Å². The van der Waals surface area contributed by atoms with E-state index >= 15 is 0 Å². The quantitative estimate of drug-likeness (QED) is 0.645. The first-order valence-electron chi connectivity index (χ1n) is 4.38. The minimum absolute atomic E-state index is 0.0137. The van der Waals surface area contributed by atoms with Crippen LogP contribution < -0.4 is 11.1 Å². The van der Waals surface area contributed by atoms with Crippen LogP contribution in [-0.4, -0.2) is 22.2 Å². The van der Waals surface area contributed by atoms with Crippen LogP contribution >= 0.6 is 11.3 Å². The van der Waals surface area contributed by atoms with Crippen molar-refractivity contribution in [2.75, 3.05) is 5.73 Å². The molecule has 0 saturated carbocycles. The molecule has 5 nitrogen and oxygen atoms in total. The Bertz CT molecular complexity index is 363. The van der Waals surface area contributed by atoms with Gasteiger partial charge in [-0.2, -0.15) is 0 Å². The average Bonchev–Trinajstić information content (AvgIpc) is 2.42. The molecule has 6 heteroatoms. The van der Waals surface area contributed by atoms with Crippen LogP contribution in [0.1, 0.15) is 17.0 Å². The molecule has 1 aromatic heterocycles. The van der Waals surface area contributed by atoms with Crippen molar-refractivity contribution in [3.63, 3.8) is 0 Å². The Kier molecular flexibility index (Phi) is 2.28. The molecule has 1 amide bonds. The minimum atomic E-state index is -0.962. The predicted octanol–water partition coefficient (Wildman–Crippen LogP) is 0.850. The zero-order chi connectivity index (χ0) is 10.1. The summed E-state index contributed by atoms with van der Waals surface area (Å²) in [6, 6.07) is 0.0137. The molecule has 1 unspecified atom stereocenters. The highest BCUT2D eigenvalue weighted by Gasteiger charge is 2.22. The molecular formula is C8H11N3O2S. The number of fused-ring (bicyclic) bond motifs is 1. The Morgan fingerprint density at radius 2 is 2.50 bits per heavy atom. The first-order chi connectivity index (χ1) is 6.65. The number of nitrogens with zero attached hydrogens (tertiary/aromatic N) is 1. The number of nitrogen functional groups attached to an aromatic ring is 1. The van der Waals surface area contributed by atoms with Gasteiger partial charge in [0, 0.05) is 17.3 Å². The molecule has 4 N–H and O–H groups in total. The third-order valence-electron chi connectivity index (χ3n) is 2.28. The van der Waals surface area contributed by atoms with Gasteiger partial charge in [-0.3, -0.25) is 0 Å². The third-order valence-corrected chi connectivity index (χ3v) is 3.23. The summed E-state index contributed by atoms with van der Waals surface area (Å²) in [4.78, 5) is 15.7. The van der Waals surface area contributed by atoms with Gasteiger partial charge in [0.1, 0.15) is 0 Å². The summed E-state index contributed by atoms with van der Waals surface area (Å²) in [6.07, 6.45) is 1.38. The SMILES string of the molecule is Nc1nc2c(s1)CC(NC(=O)O)CC2. The molecule has 0 bridgehead atoms. The molecule has 0 aliphatic heterocycles. The van der Waals surface area contributed by atoms with Crippen LogP contribution in [0.5, 0.6) is 0 Å². The number of nitrogens with two attached hydrogens (primary N) is 1. The molecule has 0 spiro atoms. The highest BCUT2D eigenvalue weighted by Crippen LogP contribution is 2.27. The van der Waals surface area contributed by atoms with Crippen LogP contribution in [0.2, 0.25) is 0 Å². The number of carbonyl (C=O) groups is 1. The Hall–Kier alpha value is -1.30. The van der Waals surface area contributed by atoms with Gasteiger partial charge in [0.25, 0.3) is 0 Å². The van der Waals surface area contributed by atoms with E-state index in [1.807, 2.05) is 0 Å². The van der Waals surface area contributed by atoms with Crippen LogP contribution in [0.4, 0.5) is 9.93 Å². The van der Waals surface area contributed by atoms with Crippen LogP contribution in [0, 0.1) is 0 Å². The monoisotopic (exact) mass is 213 g/mol. The van der Waals surface area contributed by atoms with Crippen molar-refractivity contribution in [2.45, 2.75) is 25.3 Å². The fraction of sp³-hybridized carbons (Fsp3) is 0.500. The van der Waals surface area contributed by atoms with Gasteiger partial charge >= 0.3 is 6.09 Å². The van der Waals surface area contributed by atoms with Gasteiger partial charge in [0.2, 0.25) is 0 Å². The molecule has 14 heavy (non-hydrogen) atoms. The molecule has 1 aliphatic carbocycles. The van der Waals surface area contributed by atoms with Crippen LogP contribution in [0.3, 0.4) is 0 Å². The molecule has 76 valence electrons. The second-order valence-electron chi connectivity index (χ2n) is 3.31. The minimum Gasteiger partial charge on any atom is -0.465 e. The lowest BCUT2D eigenvalue weighted by Gasteiger charge is -2.20. The van der Waals surface area contributed by atoms with E-state index in [9.17, 15) is 4.79 Å².